The van der Waals surface area contributed by atoms with Crippen LogP contribution in [0.4, 0.5) is 5.69 Å². The molecule has 5 nitrogen and oxygen atoms in total. The van der Waals surface area contributed by atoms with Gasteiger partial charge in [0.25, 0.3) is 0 Å². The van der Waals surface area contributed by atoms with Gasteiger partial charge in [-0.2, -0.15) is 5.26 Å². The summed E-state index contributed by atoms with van der Waals surface area (Å²) in [6.45, 7) is 0. The van der Waals surface area contributed by atoms with E-state index in [0.29, 0.717) is 16.8 Å². The van der Waals surface area contributed by atoms with Crippen LogP contribution in [0, 0.1) is 11.3 Å². The van der Waals surface area contributed by atoms with Crippen molar-refractivity contribution in [2.75, 3.05) is 12.8 Å². The summed E-state index contributed by atoms with van der Waals surface area (Å²) in [6, 6.07) is 20.8. The van der Waals surface area contributed by atoms with E-state index in [1.54, 1.807) is 18.2 Å². The van der Waals surface area contributed by atoms with Gasteiger partial charge in [-0.25, -0.2) is 4.79 Å². The van der Waals surface area contributed by atoms with Crippen molar-refractivity contribution >= 4 is 33.5 Å². The molecule has 0 saturated carbocycles. The van der Waals surface area contributed by atoms with Crippen LogP contribution < -0.4 is 5.73 Å². The normalized spacial score (nSPS) is 10.8. The van der Waals surface area contributed by atoms with E-state index < -0.39 is 0 Å². The Bertz CT molecular complexity index is 1220. The number of nitrogens with two attached hydrogens (primary N) is 1. The lowest BCUT2D eigenvalue weighted by atomic mass is 10.1. The van der Waals surface area contributed by atoms with Crippen molar-refractivity contribution in [3.05, 3.63) is 71.8 Å². The summed E-state index contributed by atoms with van der Waals surface area (Å²) in [5.41, 5.74) is 10.0. The number of para-hydroxylation sites is 1. The van der Waals surface area contributed by atoms with Crippen molar-refractivity contribution < 1.29 is 9.53 Å². The molecule has 3 aromatic carbocycles. The van der Waals surface area contributed by atoms with Gasteiger partial charge in [0.15, 0.2) is 0 Å². The Morgan fingerprint density at radius 1 is 1.08 bits per heavy atom. The third-order valence-electron chi connectivity index (χ3n) is 4.52. The SMILES string of the molecule is COC(=O)c1cccc2c1c1ccccc1n2-c1ccc(C#N)c(N)c1. The number of nitrogens with zero attached hydrogens (tertiary/aromatic N) is 2. The maximum absolute atomic E-state index is 12.3. The van der Waals surface area contributed by atoms with E-state index in [1.165, 1.54) is 7.11 Å². The number of benzene rings is 3. The minimum Gasteiger partial charge on any atom is -0.465 e. The molecule has 1 aromatic heterocycles. The number of esters is 1. The van der Waals surface area contributed by atoms with Crippen LogP contribution in [0.1, 0.15) is 15.9 Å². The van der Waals surface area contributed by atoms with Crippen LogP contribution in [0.2, 0.25) is 0 Å². The summed E-state index contributed by atoms with van der Waals surface area (Å²) >= 11 is 0. The van der Waals surface area contributed by atoms with Crippen LogP contribution in [0.15, 0.2) is 60.7 Å². The molecule has 0 radical (unpaired) electrons. The van der Waals surface area contributed by atoms with E-state index in [4.69, 9.17) is 15.7 Å². The lowest BCUT2D eigenvalue weighted by molar-refractivity contribution is 0.0603. The molecule has 2 N–H and O–H groups in total. The second kappa shape index (κ2) is 5.94. The Balaban J connectivity index is 2.14. The molecule has 0 aliphatic carbocycles. The van der Waals surface area contributed by atoms with Gasteiger partial charge in [-0.15, -0.1) is 0 Å². The van der Waals surface area contributed by atoms with Gasteiger partial charge >= 0.3 is 5.97 Å². The number of hydrogen-bond acceptors (Lipinski definition) is 4. The molecule has 0 aliphatic rings. The van der Waals surface area contributed by atoms with Crippen LogP contribution in [0.3, 0.4) is 0 Å². The van der Waals surface area contributed by atoms with Crippen LogP contribution in [-0.2, 0) is 4.74 Å². The molecule has 26 heavy (non-hydrogen) atoms. The first-order valence-corrected chi connectivity index (χ1v) is 8.06. The number of carbonyl (C=O) groups excluding carboxylic acids is 1. The summed E-state index contributed by atoms with van der Waals surface area (Å²) in [6.07, 6.45) is 0. The molecule has 1 heterocycles. The fourth-order valence-corrected chi connectivity index (χ4v) is 3.37. The van der Waals surface area contributed by atoms with Crippen molar-refractivity contribution in [3.8, 4) is 11.8 Å². The van der Waals surface area contributed by atoms with Gasteiger partial charge in [0.1, 0.15) is 6.07 Å². The lowest BCUT2D eigenvalue weighted by Crippen LogP contribution is -2.02. The molecule has 126 valence electrons. The number of nitriles is 1. The quantitative estimate of drug-likeness (QED) is 0.441. The zero-order valence-electron chi connectivity index (χ0n) is 14.1. The lowest BCUT2D eigenvalue weighted by Gasteiger charge is -2.09. The number of hydrogen-bond donors (Lipinski definition) is 1. The molecule has 0 atom stereocenters. The molecule has 0 saturated heterocycles. The second-order valence-corrected chi connectivity index (χ2v) is 5.93. The van der Waals surface area contributed by atoms with Crippen molar-refractivity contribution in [2.24, 2.45) is 0 Å². The molecular weight excluding hydrogens is 326 g/mol. The van der Waals surface area contributed by atoms with Gasteiger partial charge in [-0.1, -0.05) is 24.3 Å². The number of nitrogen functional groups attached to an aromatic ring is 1. The van der Waals surface area contributed by atoms with Crippen LogP contribution in [0.25, 0.3) is 27.5 Å². The molecular formula is C21H15N3O2. The summed E-state index contributed by atoms with van der Waals surface area (Å²) in [7, 11) is 1.38. The number of rotatable bonds is 2. The third-order valence-corrected chi connectivity index (χ3v) is 4.52. The Kier molecular flexibility index (Phi) is 3.59. The van der Waals surface area contributed by atoms with E-state index in [1.807, 2.05) is 47.0 Å². The van der Waals surface area contributed by atoms with E-state index >= 15 is 0 Å². The molecule has 0 amide bonds. The molecule has 4 aromatic rings. The number of fused-ring (bicyclic) bond motifs is 3. The molecule has 0 bridgehead atoms. The summed E-state index contributed by atoms with van der Waals surface area (Å²) in [5, 5.41) is 10.9. The summed E-state index contributed by atoms with van der Waals surface area (Å²) in [4.78, 5) is 12.3. The minimum atomic E-state index is -0.377. The Morgan fingerprint density at radius 2 is 1.85 bits per heavy atom. The number of ether oxygens (including phenoxy) is 1. The highest BCUT2D eigenvalue weighted by molar-refractivity contribution is 6.17. The first kappa shape index (κ1) is 15.7. The zero-order valence-corrected chi connectivity index (χ0v) is 14.1. The van der Waals surface area contributed by atoms with E-state index in [9.17, 15) is 4.79 Å². The highest BCUT2D eigenvalue weighted by atomic mass is 16.5. The minimum absolute atomic E-state index is 0.377. The predicted molar refractivity (Wildman–Crippen MR) is 101 cm³/mol. The maximum Gasteiger partial charge on any atom is 0.338 e. The highest BCUT2D eigenvalue weighted by Crippen LogP contribution is 2.35. The first-order chi connectivity index (χ1) is 12.7. The van der Waals surface area contributed by atoms with E-state index in [2.05, 4.69) is 6.07 Å². The van der Waals surface area contributed by atoms with Gasteiger partial charge in [-0.05, 0) is 36.4 Å². The highest BCUT2D eigenvalue weighted by Gasteiger charge is 2.18. The largest absolute Gasteiger partial charge is 0.465 e. The van der Waals surface area contributed by atoms with Crippen LogP contribution >= 0.6 is 0 Å². The smallest absolute Gasteiger partial charge is 0.338 e. The Morgan fingerprint density at radius 3 is 2.58 bits per heavy atom. The Hall–Kier alpha value is -3.78. The predicted octanol–water partition coefficient (Wildman–Crippen LogP) is 4.02. The van der Waals surface area contributed by atoms with E-state index in [0.717, 1.165) is 27.5 Å². The Labute approximate surface area is 149 Å². The van der Waals surface area contributed by atoms with Crippen molar-refractivity contribution in [1.82, 2.24) is 4.57 Å². The van der Waals surface area contributed by atoms with Gasteiger partial charge in [0.05, 0.1) is 35.0 Å². The fraction of sp³-hybridized carbons (Fsp3) is 0.0476. The molecule has 0 aliphatic heterocycles. The van der Waals surface area contributed by atoms with Crippen molar-refractivity contribution in [2.45, 2.75) is 0 Å². The van der Waals surface area contributed by atoms with Crippen molar-refractivity contribution in [1.29, 1.82) is 5.26 Å². The summed E-state index contributed by atoms with van der Waals surface area (Å²) in [5.74, 6) is -0.377. The van der Waals surface area contributed by atoms with Gasteiger partial charge in [-0.3, -0.25) is 0 Å². The standard InChI is InChI=1S/C21H15N3O2/c1-26-21(25)16-6-4-8-19-20(16)15-5-2-3-7-18(15)24(19)14-10-9-13(12-22)17(23)11-14/h2-11H,23H2,1H3. The molecule has 0 fully saturated rings. The van der Waals surface area contributed by atoms with Gasteiger partial charge in [0, 0.05) is 16.5 Å². The monoisotopic (exact) mass is 341 g/mol. The summed E-state index contributed by atoms with van der Waals surface area (Å²) < 4.78 is 6.99. The number of methoxy groups -OCH3 is 1. The number of aromatic nitrogens is 1. The second-order valence-electron chi connectivity index (χ2n) is 5.93. The third kappa shape index (κ3) is 2.20. The molecule has 4 rings (SSSR count). The zero-order chi connectivity index (χ0) is 18.3. The molecule has 0 unspecified atom stereocenters. The van der Waals surface area contributed by atoms with Crippen LogP contribution in [0.5, 0.6) is 0 Å². The average molecular weight is 341 g/mol. The molecule has 5 heteroatoms. The van der Waals surface area contributed by atoms with E-state index in [-0.39, 0.29) is 5.97 Å². The maximum atomic E-state index is 12.3. The fourth-order valence-electron chi connectivity index (χ4n) is 3.37. The topological polar surface area (TPSA) is 81.0 Å². The number of carbonyl (C=O) groups is 1. The van der Waals surface area contributed by atoms with Crippen molar-refractivity contribution in [3.63, 3.8) is 0 Å². The van der Waals surface area contributed by atoms with Gasteiger partial charge in [0.2, 0.25) is 0 Å². The van der Waals surface area contributed by atoms with Crippen LogP contribution in [-0.4, -0.2) is 17.6 Å². The average Bonchev–Trinajstić information content (AvgIpc) is 3.01. The number of anilines is 1. The first-order valence-electron chi connectivity index (χ1n) is 8.06. The van der Waals surface area contributed by atoms with Gasteiger partial charge < -0.3 is 15.0 Å². The molecule has 0 spiro atoms.